The summed E-state index contributed by atoms with van der Waals surface area (Å²) in [7, 11) is 0. The summed E-state index contributed by atoms with van der Waals surface area (Å²) in [5, 5.41) is 9.92. The topological polar surface area (TPSA) is 50.2 Å². The maximum absolute atomic E-state index is 10.7. The molecule has 1 rings (SSSR count). The molecular weight excluding hydrogens is 222 g/mol. The zero-order chi connectivity index (χ0) is 10.7. The van der Waals surface area contributed by atoms with E-state index >= 15 is 0 Å². The van der Waals surface area contributed by atoms with Crippen molar-refractivity contribution in [2.45, 2.75) is 24.1 Å². The molecule has 3 nitrogen and oxygen atoms in total. The van der Waals surface area contributed by atoms with Gasteiger partial charge in [-0.2, -0.15) is 0 Å². The van der Waals surface area contributed by atoms with Gasteiger partial charge in [-0.15, -0.1) is 11.8 Å². The molecular formula is C9H10ClNO2S. The number of rotatable bonds is 3. The summed E-state index contributed by atoms with van der Waals surface area (Å²) in [6, 6.07) is 1.40. The normalized spacial score (nSPS) is 10.6. The number of halogens is 1. The van der Waals surface area contributed by atoms with E-state index < -0.39 is 5.97 Å². The summed E-state index contributed by atoms with van der Waals surface area (Å²) < 4.78 is 0. The van der Waals surface area contributed by atoms with Gasteiger partial charge in [0.2, 0.25) is 0 Å². The van der Waals surface area contributed by atoms with E-state index in [1.54, 1.807) is 0 Å². The van der Waals surface area contributed by atoms with Crippen molar-refractivity contribution in [2.75, 3.05) is 0 Å². The van der Waals surface area contributed by atoms with Crippen LogP contribution in [0.25, 0.3) is 0 Å². The average Bonchev–Trinajstić information content (AvgIpc) is 2.07. The number of carboxylic acid groups (broad SMARTS) is 1. The Balaban J connectivity index is 3.07. The Labute approximate surface area is 91.5 Å². The molecule has 0 unspecified atom stereocenters. The van der Waals surface area contributed by atoms with Crippen LogP contribution in [0.15, 0.2) is 17.3 Å². The monoisotopic (exact) mass is 231 g/mol. The number of hydrogen-bond donors (Lipinski definition) is 1. The first-order valence-electron chi connectivity index (χ1n) is 4.07. The number of aromatic carboxylic acids is 1. The van der Waals surface area contributed by atoms with Crippen LogP contribution in [-0.4, -0.2) is 21.3 Å². The Morgan fingerprint density at radius 1 is 1.64 bits per heavy atom. The Kier molecular flexibility index (Phi) is 3.77. The second-order valence-electron chi connectivity index (χ2n) is 2.95. The van der Waals surface area contributed by atoms with Gasteiger partial charge in [-0.05, 0) is 6.07 Å². The molecule has 76 valence electrons. The second-order valence-corrected chi connectivity index (χ2v) is 4.89. The van der Waals surface area contributed by atoms with E-state index in [0.29, 0.717) is 10.3 Å². The zero-order valence-corrected chi connectivity index (χ0v) is 9.39. The highest BCUT2D eigenvalue weighted by Gasteiger charge is 2.14. The molecule has 0 atom stereocenters. The molecule has 0 radical (unpaired) electrons. The van der Waals surface area contributed by atoms with Crippen LogP contribution in [-0.2, 0) is 0 Å². The summed E-state index contributed by atoms with van der Waals surface area (Å²) in [5.41, 5.74) is 0.102. The average molecular weight is 232 g/mol. The van der Waals surface area contributed by atoms with Gasteiger partial charge in [0.05, 0.1) is 10.6 Å². The van der Waals surface area contributed by atoms with Crippen molar-refractivity contribution >= 4 is 29.3 Å². The largest absolute Gasteiger partial charge is 0.478 e. The SMILES string of the molecule is CC(C)Sc1nccc(C(=O)O)c1Cl. The Morgan fingerprint density at radius 3 is 2.79 bits per heavy atom. The number of carbonyl (C=O) groups is 1. The summed E-state index contributed by atoms with van der Waals surface area (Å²) in [5.74, 6) is -1.02. The van der Waals surface area contributed by atoms with Gasteiger partial charge in [0, 0.05) is 11.4 Å². The summed E-state index contributed by atoms with van der Waals surface area (Å²) in [4.78, 5) is 14.8. The van der Waals surface area contributed by atoms with Crippen LogP contribution in [0.5, 0.6) is 0 Å². The molecule has 0 aliphatic rings. The predicted molar refractivity (Wildman–Crippen MR) is 57.2 cm³/mol. The minimum Gasteiger partial charge on any atom is -0.478 e. The lowest BCUT2D eigenvalue weighted by Gasteiger charge is -2.07. The van der Waals surface area contributed by atoms with Gasteiger partial charge in [-0.25, -0.2) is 9.78 Å². The smallest absolute Gasteiger partial charge is 0.337 e. The quantitative estimate of drug-likeness (QED) is 0.813. The zero-order valence-electron chi connectivity index (χ0n) is 7.82. The van der Waals surface area contributed by atoms with Crippen LogP contribution in [0, 0.1) is 0 Å². The van der Waals surface area contributed by atoms with Crippen molar-refractivity contribution in [3.8, 4) is 0 Å². The molecule has 1 aromatic rings. The fourth-order valence-corrected chi connectivity index (χ4v) is 2.00. The number of hydrogen-bond acceptors (Lipinski definition) is 3. The van der Waals surface area contributed by atoms with Gasteiger partial charge in [-0.3, -0.25) is 0 Å². The Bertz CT molecular complexity index is 355. The second kappa shape index (κ2) is 4.66. The van der Waals surface area contributed by atoms with E-state index in [2.05, 4.69) is 4.98 Å². The lowest BCUT2D eigenvalue weighted by molar-refractivity contribution is 0.0696. The van der Waals surface area contributed by atoms with Gasteiger partial charge in [-0.1, -0.05) is 25.4 Å². The molecule has 0 aromatic carbocycles. The van der Waals surface area contributed by atoms with E-state index in [1.807, 2.05) is 13.8 Å². The molecule has 5 heteroatoms. The molecule has 1 heterocycles. The highest BCUT2D eigenvalue weighted by molar-refractivity contribution is 7.99. The molecule has 0 aliphatic heterocycles. The Hall–Kier alpha value is -0.740. The van der Waals surface area contributed by atoms with E-state index in [4.69, 9.17) is 16.7 Å². The van der Waals surface area contributed by atoms with E-state index in [9.17, 15) is 4.79 Å². The van der Waals surface area contributed by atoms with Crippen LogP contribution in [0.2, 0.25) is 5.02 Å². The lowest BCUT2D eigenvalue weighted by atomic mass is 10.3. The van der Waals surface area contributed by atoms with Crippen molar-refractivity contribution in [3.05, 3.63) is 22.8 Å². The third-order valence-electron chi connectivity index (χ3n) is 1.43. The molecule has 0 saturated heterocycles. The molecule has 0 aliphatic carbocycles. The third-order valence-corrected chi connectivity index (χ3v) is 2.93. The van der Waals surface area contributed by atoms with Gasteiger partial charge in [0.1, 0.15) is 5.03 Å². The van der Waals surface area contributed by atoms with Gasteiger partial charge < -0.3 is 5.11 Å². The number of aromatic nitrogens is 1. The molecule has 1 aromatic heterocycles. The van der Waals surface area contributed by atoms with Gasteiger partial charge in [0.15, 0.2) is 0 Å². The predicted octanol–water partition coefficient (Wildman–Crippen LogP) is 2.93. The first-order chi connectivity index (χ1) is 6.52. The van der Waals surface area contributed by atoms with Crippen LogP contribution in [0.3, 0.4) is 0 Å². The van der Waals surface area contributed by atoms with Crippen molar-refractivity contribution in [1.29, 1.82) is 0 Å². The Morgan fingerprint density at radius 2 is 2.29 bits per heavy atom. The number of pyridine rings is 1. The number of thioether (sulfide) groups is 1. The van der Waals surface area contributed by atoms with Crippen molar-refractivity contribution in [3.63, 3.8) is 0 Å². The number of carboxylic acids is 1. The molecule has 1 N–H and O–H groups in total. The van der Waals surface area contributed by atoms with Crippen LogP contribution in [0.1, 0.15) is 24.2 Å². The number of nitrogens with zero attached hydrogens (tertiary/aromatic N) is 1. The standard InChI is InChI=1S/C9H10ClNO2S/c1-5(2)14-8-7(10)6(9(12)13)3-4-11-8/h3-5H,1-2H3,(H,12,13). The molecule has 0 fully saturated rings. The van der Waals surface area contributed by atoms with E-state index in [0.717, 1.165) is 0 Å². The van der Waals surface area contributed by atoms with Crippen molar-refractivity contribution in [2.24, 2.45) is 0 Å². The van der Waals surface area contributed by atoms with Gasteiger partial charge in [0.25, 0.3) is 0 Å². The maximum atomic E-state index is 10.7. The molecule has 0 bridgehead atoms. The fourth-order valence-electron chi connectivity index (χ4n) is 0.895. The first kappa shape index (κ1) is 11.3. The highest BCUT2D eigenvalue weighted by Crippen LogP contribution is 2.30. The third kappa shape index (κ3) is 2.62. The minimum absolute atomic E-state index is 0.102. The minimum atomic E-state index is -1.02. The van der Waals surface area contributed by atoms with Crippen molar-refractivity contribution < 1.29 is 9.90 Å². The summed E-state index contributed by atoms with van der Waals surface area (Å²) in [6.07, 6.45) is 1.46. The van der Waals surface area contributed by atoms with Crippen LogP contribution >= 0.6 is 23.4 Å². The fraction of sp³-hybridized carbons (Fsp3) is 0.333. The lowest BCUT2D eigenvalue weighted by Crippen LogP contribution is -2.00. The van der Waals surface area contributed by atoms with E-state index in [1.165, 1.54) is 24.0 Å². The first-order valence-corrected chi connectivity index (χ1v) is 5.32. The molecule has 0 amide bonds. The van der Waals surface area contributed by atoms with Gasteiger partial charge >= 0.3 is 5.97 Å². The molecule has 0 saturated carbocycles. The summed E-state index contributed by atoms with van der Waals surface area (Å²) in [6.45, 7) is 3.99. The molecule has 0 spiro atoms. The molecule has 14 heavy (non-hydrogen) atoms. The van der Waals surface area contributed by atoms with E-state index in [-0.39, 0.29) is 10.6 Å². The van der Waals surface area contributed by atoms with Crippen LogP contribution < -0.4 is 0 Å². The van der Waals surface area contributed by atoms with Crippen molar-refractivity contribution in [1.82, 2.24) is 4.98 Å². The highest BCUT2D eigenvalue weighted by atomic mass is 35.5. The summed E-state index contributed by atoms with van der Waals surface area (Å²) >= 11 is 7.33. The van der Waals surface area contributed by atoms with Crippen LogP contribution in [0.4, 0.5) is 0 Å². The maximum Gasteiger partial charge on any atom is 0.337 e.